The third-order valence-electron chi connectivity index (χ3n) is 2.11. The number of hydrogen-bond donors (Lipinski definition) is 1. The molecule has 0 saturated heterocycles. The SMILES string of the molecule is CCC=CC=COC(=O)c1ccccc1C(=O)O. The number of carbonyl (C=O) groups excluding carboxylic acids is 1. The van der Waals surface area contributed by atoms with Gasteiger partial charge in [0.25, 0.3) is 0 Å². The molecule has 0 fully saturated rings. The van der Waals surface area contributed by atoms with Crippen LogP contribution in [0.15, 0.2) is 48.8 Å². The molecule has 94 valence electrons. The molecule has 0 atom stereocenters. The van der Waals surface area contributed by atoms with E-state index in [1.54, 1.807) is 24.3 Å². The zero-order chi connectivity index (χ0) is 13.4. The Labute approximate surface area is 105 Å². The van der Waals surface area contributed by atoms with E-state index in [2.05, 4.69) is 0 Å². The van der Waals surface area contributed by atoms with Gasteiger partial charge in [-0.15, -0.1) is 0 Å². The van der Waals surface area contributed by atoms with Gasteiger partial charge in [0.15, 0.2) is 0 Å². The lowest BCUT2D eigenvalue weighted by molar-refractivity contribution is 0.0632. The van der Waals surface area contributed by atoms with Gasteiger partial charge in [0.1, 0.15) is 0 Å². The largest absolute Gasteiger partial charge is 0.478 e. The van der Waals surface area contributed by atoms with Crippen LogP contribution in [0.5, 0.6) is 0 Å². The molecule has 1 aromatic rings. The van der Waals surface area contributed by atoms with Crippen molar-refractivity contribution in [2.24, 2.45) is 0 Å². The number of aromatic carboxylic acids is 1. The molecule has 0 amide bonds. The molecule has 0 aromatic heterocycles. The third-order valence-corrected chi connectivity index (χ3v) is 2.11. The van der Waals surface area contributed by atoms with Crippen LogP contribution in [-0.4, -0.2) is 17.0 Å². The van der Waals surface area contributed by atoms with Gasteiger partial charge in [0.2, 0.25) is 0 Å². The average Bonchev–Trinajstić information content (AvgIpc) is 2.38. The van der Waals surface area contributed by atoms with Gasteiger partial charge in [-0.2, -0.15) is 0 Å². The van der Waals surface area contributed by atoms with Gasteiger partial charge in [0.05, 0.1) is 17.4 Å². The Morgan fingerprint density at radius 1 is 1.22 bits per heavy atom. The first-order valence-corrected chi connectivity index (χ1v) is 5.51. The molecule has 0 unspecified atom stereocenters. The molecule has 0 radical (unpaired) electrons. The summed E-state index contributed by atoms with van der Waals surface area (Å²) in [6.45, 7) is 1.99. The van der Waals surface area contributed by atoms with Crippen molar-refractivity contribution in [3.63, 3.8) is 0 Å². The van der Waals surface area contributed by atoms with Crippen molar-refractivity contribution < 1.29 is 19.4 Å². The van der Waals surface area contributed by atoms with Crippen LogP contribution >= 0.6 is 0 Å². The van der Waals surface area contributed by atoms with Crippen LogP contribution in [0, 0.1) is 0 Å². The zero-order valence-electron chi connectivity index (χ0n) is 10.00. The van der Waals surface area contributed by atoms with E-state index in [0.717, 1.165) is 6.42 Å². The first kappa shape index (κ1) is 13.7. The smallest absolute Gasteiger partial charge is 0.343 e. The number of carbonyl (C=O) groups is 2. The van der Waals surface area contributed by atoms with Crippen molar-refractivity contribution in [3.05, 3.63) is 59.9 Å². The maximum absolute atomic E-state index is 11.6. The van der Waals surface area contributed by atoms with Gasteiger partial charge >= 0.3 is 11.9 Å². The fourth-order valence-corrected chi connectivity index (χ4v) is 1.27. The second-order valence-electron chi connectivity index (χ2n) is 3.42. The normalized spacial score (nSPS) is 10.9. The number of allylic oxidation sites excluding steroid dienone is 3. The van der Waals surface area contributed by atoms with E-state index < -0.39 is 11.9 Å². The maximum atomic E-state index is 11.6. The lowest BCUT2D eigenvalue weighted by atomic mass is 10.1. The molecule has 1 rings (SSSR count). The van der Waals surface area contributed by atoms with Crippen molar-refractivity contribution >= 4 is 11.9 Å². The van der Waals surface area contributed by atoms with E-state index in [9.17, 15) is 9.59 Å². The summed E-state index contributed by atoms with van der Waals surface area (Å²) in [5.74, 6) is -1.84. The highest BCUT2D eigenvalue weighted by Crippen LogP contribution is 2.10. The summed E-state index contributed by atoms with van der Waals surface area (Å²) in [5, 5.41) is 8.92. The minimum Gasteiger partial charge on any atom is -0.478 e. The number of esters is 1. The van der Waals surface area contributed by atoms with E-state index in [4.69, 9.17) is 9.84 Å². The summed E-state index contributed by atoms with van der Waals surface area (Å²) in [6, 6.07) is 5.92. The molecule has 1 N–H and O–H groups in total. The first-order valence-electron chi connectivity index (χ1n) is 5.51. The molecule has 1 aromatic carbocycles. The molecule has 0 aliphatic rings. The molecule has 0 aliphatic heterocycles. The molecule has 0 aliphatic carbocycles. The Bertz CT molecular complexity index is 486. The summed E-state index contributed by atoms with van der Waals surface area (Å²) in [4.78, 5) is 22.5. The van der Waals surface area contributed by atoms with E-state index in [-0.39, 0.29) is 11.1 Å². The predicted octanol–water partition coefficient (Wildman–Crippen LogP) is 3.02. The summed E-state index contributed by atoms with van der Waals surface area (Å²) in [5.41, 5.74) is -0.0332. The Hall–Kier alpha value is -2.36. The highest BCUT2D eigenvalue weighted by Gasteiger charge is 2.15. The molecule has 0 spiro atoms. The molecule has 18 heavy (non-hydrogen) atoms. The standard InChI is InChI=1S/C14H14O4/c1-2-3-4-7-10-18-14(17)12-9-6-5-8-11(12)13(15)16/h3-10H,2H2,1H3,(H,15,16). The van der Waals surface area contributed by atoms with Gasteiger partial charge in [-0.05, 0) is 24.6 Å². The average molecular weight is 246 g/mol. The van der Waals surface area contributed by atoms with Crippen molar-refractivity contribution in [2.75, 3.05) is 0 Å². The molecule has 4 heteroatoms. The van der Waals surface area contributed by atoms with Crippen LogP contribution in [0.3, 0.4) is 0 Å². The minimum absolute atomic E-state index is 0.0362. The first-order chi connectivity index (χ1) is 8.66. The highest BCUT2D eigenvalue weighted by molar-refractivity contribution is 6.02. The number of benzene rings is 1. The van der Waals surface area contributed by atoms with E-state index in [0.29, 0.717) is 0 Å². The quantitative estimate of drug-likeness (QED) is 0.492. The van der Waals surface area contributed by atoms with Crippen molar-refractivity contribution in [1.29, 1.82) is 0 Å². The Morgan fingerprint density at radius 2 is 1.89 bits per heavy atom. The van der Waals surface area contributed by atoms with Crippen LogP contribution in [0.25, 0.3) is 0 Å². The van der Waals surface area contributed by atoms with Crippen molar-refractivity contribution in [3.8, 4) is 0 Å². The fraction of sp³-hybridized carbons (Fsp3) is 0.143. The molecule has 4 nitrogen and oxygen atoms in total. The van der Waals surface area contributed by atoms with Gasteiger partial charge in [-0.3, -0.25) is 0 Å². The van der Waals surface area contributed by atoms with E-state index in [1.807, 2.05) is 13.0 Å². The molecule has 0 saturated carbocycles. The van der Waals surface area contributed by atoms with Crippen LogP contribution in [0.4, 0.5) is 0 Å². The number of ether oxygens (including phenoxy) is 1. The molecule has 0 bridgehead atoms. The summed E-state index contributed by atoms with van der Waals surface area (Å²) < 4.78 is 4.83. The summed E-state index contributed by atoms with van der Waals surface area (Å²) in [6.07, 6.45) is 7.34. The third kappa shape index (κ3) is 3.90. The van der Waals surface area contributed by atoms with Crippen LogP contribution in [-0.2, 0) is 4.74 Å². The predicted molar refractivity (Wildman–Crippen MR) is 67.4 cm³/mol. The van der Waals surface area contributed by atoms with Gasteiger partial charge in [0, 0.05) is 0 Å². The van der Waals surface area contributed by atoms with Crippen LogP contribution < -0.4 is 0 Å². The minimum atomic E-state index is -1.16. The second-order valence-corrected chi connectivity index (χ2v) is 3.42. The number of hydrogen-bond acceptors (Lipinski definition) is 3. The van der Waals surface area contributed by atoms with Gasteiger partial charge in [-0.25, -0.2) is 9.59 Å². The lowest BCUT2D eigenvalue weighted by Crippen LogP contribution is -2.09. The highest BCUT2D eigenvalue weighted by atomic mass is 16.5. The molecular weight excluding hydrogens is 232 g/mol. The summed E-state index contributed by atoms with van der Waals surface area (Å²) in [7, 11) is 0. The van der Waals surface area contributed by atoms with Gasteiger partial charge < -0.3 is 9.84 Å². The molecular formula is C14H14O4. The Kier molecular flexibility index (Phi) is 5.38. The lowest BCUT2D eigenvalue weighted by Gasteiger charge is -2.02. The van der Waals surface area contributed by atoms with E-state index in [1.165, 1.54) is 18.4 Å². The number of carboxylic acid groups (broad SMARTS) is 1. The van der Waals surface area contributed by atoms with E-state index >= 15 is 0 Å². The van der Waals surface area contributed by atoms with Crippen LogP contribution in [0.1, 0.15) is 34.1 Å². The van der Waals surface area contributed by atoms with Gasteiger partial charge in [-0.1, -0.05) is 31.2 Å². The summed E-state index contributed by atoms with van der Waals surface area (Å²) >= 11 is 0. The Morgan fingerprint density at radius 3 is 2.50 bits per heavy atom. The van der Waals surface area contributed by atoms with Crippen molar-refractivity contribution in [2.45, 2.75) is 13.3 Å². The van der Waals surface area contributed by atoms with Crippen molar-refractivity contribution in [1.82, 2.24) is 0 Å². The number of carboxylic acids is 1. The second kappa shape index (κ2) is 7.06. The molecule has 0 heterocycles. The zero-order valence-corrected chi connectivity index (χ0v) is 10.00. The number of rotatable bonds is 5. The Balaban J connectivity index is 2.76. The maximum Gasteiger partial charge on any atom is 0.343 e. The van der Waals surface area contributed by atoms with Crippen LogP contribution in [0.2, 0.25) is 0 Å². The monoisotopic (exact) mass is 246 g/mol. The topological polar surface area (TPSA) is 63.6 Å². The fourth-order valence-electron chi connectivity index (χ4n) is 1.27.